The molecule has 2 rings (SSSR count). The number of nitrogens with one attached hydrogen (secondary N) is 1. The Bertz CT molecular complexity index is 950. The van der Waals surface area contributed by atoms with Gasteiger partial charge in [0.25, 0.3) is 0 Å². The first kappa shape index (κ1) is 22.7. The van der Waals surface area contributed by atoms with Gasteiger partial charge in [-0.05, 0) is 40.7 Å². The van der Waals surface area contributed by atoms with E-state index in [9.17, 15) is 14.4 Å². The summed E-state index contributed by atoms with van der Waals surface area (Å²) in [5, 5.41) is 3.05. The van der Waals surface area contributed by atoms with Crippen molar-refractivity contribution in [3.8, 4) is 0 Å². The van der Waals surface area contributed by atoms with Crippen molar-refractivity contribution < 1.29 is 19.1 Å². The monoisotopic (exact) mass is 421 g/mol. The zero-order chi connectivity index (χ0) is 21.6. The van der Waals surface area contributed by atoms with Crippen molar-refractivity contribution in [2.75, 3.05) is 18.9 Å². The van der Waals surface area contributed by atoms with E-state index in [-0.39, 0.29) is 12.2 Å². The number of fused-ring (bicyclic) bond motifs is 1. The summed E-state index contributed by atoms with van der Waals surface area (Å²) in [5.41, 5.74) is -0.432. The molecule has 0 unspecified atom stereocenters. The Labute approximate surface area is 174 Å². The summed E-state index contributed by atoms with van der Waals surface area (Å²) in [6.07, 6.45) is 2.70. The zero-order valence-electron chi connectivity index (χ0n) is 17.4. The summed E-state index contributed by atoms with van der Waals surface area (Å²) in [7, 11) is 0. The van der Waals surface area contributed by atoms with E-state index in [0.717, 1.165) is 4.90 Å². The SMILES string of the molecule is CCOC(=O)c1cn(CC)c2ncc(SCCNC(=O)OC(C)(C)C)cc2c1=O. The van der Waals surface area contributed by atoms with Crippen molar-refractivity contribution in [3.05, 3.63) is 34.2 Å². The van der Waals surface area contributed by atoms with E-state index < -0.39 is 23.1 Å². The third-order valence-corrected chi connectivity index (χ3v) is 4.73. The van der Waals surface area contributed by atoms with Crippen LogP contribution in [-0.2, 0) is 16.0 Å². The van der Waals surface area contributed by atoms with Gasteiger partial charge in [0, 0.05) is 36.1 Å². The molecule has 2 aromatic heterocycles. The highest BCUT2D eigenvalue weighted by molar-refractivity contribution is 7.99. The molecule has 0 bridgehead atoms. The van der Waals surface area contributed by atoms with Gasteiger partial charge < -0.3 is 19.4 Å². The van der Waals surface area contributed by atoms with E-state index in [0.29, 0.717) is 29.9 Å². The van der Waals surface area contributed by atoms with Crippen molar-refractivity contribution in [2.45, 2.75) is 51.7 Å². The van der Waals surface area contributed by atoms with Gasteiger partial charge in [-0.3, -0.25) is 4.79 Å². The van der Waals surface area contributed by atoms with Gasteiger partial charge in [-0.2, -0.15) is 0 Å². The minimum atomic E-state index is -0.638. The number of hydrogen-bond donors (Lipinski definition) is 1. The maximum absolute atomic E-state index is 12.8. The van der Waals surface area contributed by atoms with Gasteiger partial charge in [-0.25, -0.2) is 14.6 Å². The molecular weight excluding hydrogens is 394 g/mol. The average Bonchev–Trinajstić information content (AvgIpc) is 2.64. The standard InChI is InChI=1S/C20H27N3O5S/c1-6-23-12-15(18(25)27-7-2)16(24)14-10-13(11-22-17(14)23)29-9-8-21-19(26)28-20(3,4)5/h10-12H,6-9H2,1-5H3,(H,21,26). The molecule has 9 heteroatoms. The number of rotatable bonds is 7. The number of esters is 1. The molecule has 8 nitrogen and oxygen atoms in total. The second-order valence-corrected chi connectivity index (χ2v) is 8.37. The Kier molecular flexibility index (Phi) is 7.66. The predicted octanol–water partition coefficient (Wildman–Crippen LogP) is 3.21. The number of alkyl carbamates (subject to hydrolysis) is 1. The molecule has 0 aliphatic rings. The third-order valence-electron chi connectivity index (χ3n) is 3.76. The number of aryl methyl sites for hydroxylation is 1. The predicted molar refractivity (Wildman–Crippen MR) is 113 cm³/mol. The lowest BCUT2D eigenvalue weighted by Crippen LogP contribution is -2.33. The van der Waals surface area contributed by atoms with Crippen LogP contribution in [0.15, 0.2) is 28.2 Å². The maximum atomic E-state index is 12.8. The van der Waals surface area contributed by atoms with Crippen molar-refractivity contribution in [1.82, 2.24) is 14.9 Å². The Morgan fingerprint density at radius 3 is 2.62 bits per heavy atom. The summed E-state index contributed by atoms with van der Waals surface area (Å²) < 4.78 is 11.9. The number of pyridine rings is 2. The molecule has 0 spiro atoms. The smallest absolute Gasteiger partial charge is 0.407 e. The topological polar surface area (TPSA) is 99.5 Å². The Hall–Kier alpha value is -2.55. The van der Waals surface area contributed by atoms with Gasteiger partial charge >= 0.3 is 12.1 Å². The summed E-state index contributed by atoms with van der Waals surface area (Å²) in [6, 6.07) is 1.72. The van der Waals surface area contributed by atoms with Crippen LogP contribution in [0, 0.1) is 0 Å². The molecule has 158 valence electrons. The number of aromatic nitrogens is 2. The summed E-state index contributed by atoms with van der Waals surface area (Å²) >= 11 is 1.44. The lowest BCUT2D eigenvalue weighted by atomic mass is 10.2. The van der Waals surface area contributed by atoms with Crippen LogP contribution < -0.4 is 10.7 Å². The van der Waals surface area contributed by atoms with Crippen molar-refractivity contribution in [3.63, 3.8) is 0 Å². The largest absolute Gasteiger partial charge is 0.462 e. The number of hydrogen-bond acceptors (Lipinski definition) is 7. The molecule has 0 aliphatic heterocycles. The molecule has 0 fully saturated rings. The lowest BCUT2D eigenvalue weighted by Gasteiger charge is -2.19. The highest BCUT2D eigenvalue weighted by Crippen LogP contribution is 2.20. The molecule has 1 amide bonds. The molecule has 0 aliphatic carbocycles. The minimum Gasteiger partial charge on any atom is -0.462 e. The Morgan fingerprint density at radius 1 is 1.28 bits per heavy atom. The van der Waals surface area contributed by atoms with Crippen LogP contribution in [0.2, 0.25) is 0 Å². The number of carbonyl (C=O) groups excluding carboxylic acids is 2. The van der Waals surface area contributed by atoms with Gasteiger partial charge in [0.2, 0.25) is 5.43 Å². The summed E-state index contributed by atoms with van der Waals surface area (Å²) in [6.45, 7) is 10.2. The first-order valence-electron chi connectivity index (χ1n) is 9.46. The van der Waals surface area contributed by atoms with Crippen molar-refractivity contribution in [2.24, 2.45) is 0 Å². The van der Waals surface area contributed by atoms with Crippen LogP contribution in [-0.4, -0.2) is 46.1 Å². The first-order chi connectivity index (χ1) is 13.7. The Morgan fingerprint density at radius 2 is 2.00 bits per heavy atom. The second kappa shape index (κ2) is 9.78. The summed E-state index contributed by atoms with van der Waals surface area (Å²) in [5.74, 6) is -0.0624. The van der Waals surface area contributed by atoms with Gasteiger partial charge in [0.05, 0.1) is 12.0 Å². The maximum Gasteiger partial charge on any atom is 0.407 e. The van der Waals surface area contributed by atoms with Crippen LogP contribution >= 0.6 is 11.8 Å². The van der Waals surface area contributed by atoms with E-state index in [1.165, 1.54) is 18.0 Å². The number of thioether (sulfide) groups is 1. The molecule has 0 aromatic carbocycles. The minimum absolute atomic E-state index is 0.00302. The highest BCUT2D eigenvalue weighted by atomic mass is 32.2. The van der Waals surface area contributed by atoms with Gasteiger partial charge in [0.1, 0.15) is 16.8 Å². The van der Waals surface area contributed by atoms with Gasteiger partial charge in [0.15, 0.2) is 0 Å². The van der Waals surface area contributed by atoms with E-state index in [2.05, 4.69) is 10.3 Å². The summed E-state index contributed by atoms with van der Waals surface area (Å²) in [4.78, 5) is 41.7. The second-order valence-electron chi connectivity index (χ2n) is 7.20. The van der Waals surface area contributed by atoms with E-state index in [4.69, 9.17) is 9.47 Å². The van der Waals surface area contributed by atoms with Crippen molar-refractivity contribution >= 4 is 34.9 Å². The lowest BCUT2D eigenvalue weighted by molar-refractivity contribution is 0.0516. The zero-order valence-corrected chi connectivity index (χ0v) is 18.2. The molecule has 2 heterocycles. The van der Waals surface area contributed by atoms with Crippen molar-refractivity contribution in [1.29, 1.82) is 0 Å². The molecule has 29 heavy (non-hydrogen) atoms. The average molecular weight is 422 g/mol. The molecule has 2 aromatic rings. The van der Waals surface area contributed by atoms with E-state index in [1.54, 1.807) is 44.5 Å². The van der Waals surface area contributed by atoms with Crippen LogP contribution in [0.25, 0.3) is 11.0 Å². The normalized spacial score (nSPS) is 11.3. The molecule has 0 radical (unpaired) electrons. The van der Waals surface area contributed by atoms with E-state index in [1.807, 2.05) is 6.92 Å². The number of nitrogens with zero attached hydrogens (tertiary/aromatic N) is 2. The van der Waals surface area contributed by atoms with Crippen LogP contribution in [0.1, 0.15) is 45.0 Å². The Balaban J connectivity index is 2.16. The molecule has 1 N–H and O–H groups in total. The highest BCUT2D eigenvalue weighted by Gasteiger charge is 2.18. The van der Waals surface area contributed by atoms with Crippen LogP contribution in [0.4, 0.5) is 4.79 Å². The fourth-order valence-electron chi connectivity index (χ4n) is 2.57. The molecular formula is C20H27N3O5S. The quantitative estimate of drug-likeness (QED) is 0.416. The number of amides is 1. The van der Waals surface area contributed by atoms with Gasteiger partial charge in [-0.1, -0.05) is 0 Å². The molecule has 0 saturated carbocycles. The van der Waals surface area contributed by atoms with Crippen LogP contribution in [0.5, 0.6) is 0 Å². The number of carbonyl (C=O) groups is 2. The van der Waals surface area contributed by atoms with Crippen LogP contribution in [0.3, 0.4) is 0 Å². The first-order valence-corrected chi connectivity index (χ1v) is 10.4. The molecule has 0 atom stereocenters. The van der Waals surface area contributed by atoms with E-state index >= 15 is 0 Å². The fraction of sp³-hybridized carbons (Fsp3) is 0.500. The third kappa shape index (κ3) is 6.22. The molecule has 0 saturated heterocycles. The number of ether oxygens (including phenoxy) is 2. The fourth-order valence-corrected chi connectivity index (χ4v) is 3.33. The van der Waals surface area contributed by atoms with Gasteiger partial charge in [-0.15, -0.1) is 11.8 Å².